The van der Waals surface area contributed by atoms with Crippen molar-refractivity contribution in [3.63, 3.8) is 0 Å². The van der Waals surface area contributed by atoms with Gasteiger partial charge in [0.15, 0.2) is 0 Å². The molecule has 2 aromatic rings. The Morgan fingerprint density at radius 1 is 1.31 bits per heavy atom. The molecule has 1 fully saturated rings. The first-order chi connectivity index (χ1) is 13.7. The van der Waals surface area contributed by atoms with Gasteiger partial charge in [0.2, 0.25) is 11.8 Å². The zero-order chi connectivity index (χ0) is 20.8. The monoisotopic (exact) mass is 415 g/mol. The van der Waals surface area contributed by atoms with E-state index >= 15 is 0 Å². The molecule has 1 N–H and O–H groups in total. The minimum Gasteiger partial charge on any atom is -0.339 e. The van der Waals surface area contributed by atoms with E-state index in [0.29, 0.717) is 10.8 Å². The molecule has 29 heavy (non-hydrogen) atoms. The molecule has 1 atom stereocenters. The zero-order valence-corrected chi connectivity index (χ0v) is 17.8. The molecule has 2 aliphatic heterocycles. The maximum Gasteiger partial charge on any atom is 0.227 e. The number of rotatable bonds is 4. The lowest BCUT2D eigenvalue weighted by Gasteiger charge is -2.22. The molecule has 2 aromatic heterocycles. The second kappa shape index (κ2) is 7.44. The minimum atomic E-state index is -0.148. The van der Waals surface area contributed by atoms with Gasteiger partial charge in [-0.3, -0.25) is 14.3 Å². The van der Waals surface area contributed by atoms with Crippen LogP contribution >= 0.6 is 11.6 Å². The van der Waals surface area contributed by atoms with E-state index in [9.17, 15) is 9.59 Å². The van der Waals surface area contributed by atoms with Crippen molar-refractivity contribution in [3.05, 3.63) is 29.2 Å². The van der Waals surface area contributed by atoms with Crippen molar-refractivity contribution in [2.45, 2.75) is 59.0 Å². The van der Waals surface area contributed by atoms with Crippen molar-refractivity contribution >= 4 is 29.2 Å². The third-order valence-electron chi connectivity index (χ3n) is 5.79. The van der Waals surface area contributed by atoms with Crippen molar-refractivity contribution in [1.29, 1.82) is 0 Å². The van der Waals surface area contributed by atoms with Crippen molar-refractivity contribution in [2.24, 2.45) is 5.41 Å². The summed E-state index contributed by atoms with van der Waals surface area (Å²) in [6.07, 6.45) is 6.38. The lowest BCUT2D eigenvalue weighted by molar-refractivity contribution is -0.130. The van der Waals surface area contributed by atoms with Crippen LogP contribution in [0.5, 0.6) is 0 Å². The van der Waals surface area contributed by atoms with E-state index < -0.39 is 0 Å². The number of likely N-dealkylation sites (tertiary alicyclic amines) is 1. The van der Waals surface area contributed by atoms with E-state index in [1.165, 1.54) is 0 Å². The summed E-state index contributed by atoms with van der Waals surface area (Å²) in [5.41, 5.74) is 3.13. The van der Waals surface area contributed by atoms with Crippen LogP contribution in [-0.4, -0.2) is 44.1 Å². The summed E-state index contributed by atoms with van der Waals surface area (Å²) < 4.78 is 2.03. The Hall–Kier alpha value is -2.41. The van der Waals surface area contributed by atoms with E-state index in [-0.39, 0.29) is 29.7 Å². The predicted octanol–water partition coefficient (Wildman–Crippen LogP) is 3.52. The normalized spacial score (nSPS) is 20.0. The first-order valence-electron chi connectivity index (χ1n) is 10.0. The van der Waals surface area contributed by atoms with Crippen LogP contribution in [0.25, 0.3) is 11.1 Å². The zero-order valence-electron chi connectivity index (χ0n) is 17.0. The molecule has 0 radical (unpaired) electrons. The number of pyridine rings is 1. The standard InChI is InChI=1S/C21H26ClN5O2/c1-13(28)26-6-4-5-14(26)7-20(29)25-19-8-15(17(22)11-23-19)16-10-24-27-12-21(2,3)9-18(16)27/h8,10-11,14H,4-7,9,12H2,1-3H3,(H,23,25,29)/t14-/m1/s1. The number of nitrogens with zero attached hydrogens (tertiary/aromatic N) is 4. The molecule has 0 spiro atoms. The highest BCUT2D eigenvalue weighted by Crippen LogP contribution is 2.39. The molecule has 2 amide bonds. The van der Waals surface area contributed by atoms with Crippen LogP contribution in [0.3, 0.4) is 0 Å². The maximum atomic E-state index is 12.6. The van der Waals surface area contributed by atoms with E-state index in [1.807, 2.05) is 10.9 Å². The Bertz CT molecular complexity index is 968. The summed E-state index contributed by atoms with van der Waals surface area (Å²) in [6, 6.07) is 1.77. The molecule has 7 nitrogen and oxygen atoms in total. The summed E-state index contributed by atoms with van der Waals surface area (Å²) in [5.74, 6) is 0.328. The van der Waals surface area contributed by atoms with Gasteiger partial charge in [-0.05, 0) is 30.7 Å². The number of aromatic nitrogens is 3. The summed E-state index contributed by atoms with van der Waals surface area (Å²) in [4.78, 5) is 30.3. The Morgan fingerprint density at radius 3 is 2.86 bits per heavy atom. The molecule has 154 valence electrons. The third-order valence-corrected chi connectivity index (χ3v) is 6.09. The van der Waals surface area contributed by atoms with Gasteiger partial charge in [-0.15, -0.1) is 0 Å². The van der Waals surface area contributed by atoms with Gasteiger partial charge in [0.1, 0.15) is 5.82 Å². The van der Waals surface area contributed by atoms with Crippen molar-refractivity contribution in [1.82, 2.24) is 19.7 Å². The second-order valence-corrected chi connectivity index (χ2v) is 9.22. The molecular formula is C21H26ClN5O2. The molecule has 0 saturated carbocycles. The number of anilines is 1. The molecule has 0 aromatic carbocycles. The fourth-order valence-electron chi connectivity index (χ4n) is 4.46. The van der Waals surface area contributed by atoms with Gasteiger partial charge >= 0.3 is 0 Å². The number of hydrogen-bond acceptors (Lipinski definition) is 4. The SMILES string of the molecule is CC(=O)N1CCC[C@@H]1CC(=O)Nc1cc(-c2cnn3c2CC(C)(C)C3)c(Cl)cn1. The van der Waals surface area contributed by atoms with Gasteiger partial charge in [0, 0.05) is 55.5 Å². The molecule has 2 aliphatic rings. The van der Waals surface area contributed by atoms with Crippen molar-refractivity contribution in [3.8, 4) is 11.1 Å². The summed E-state index contributed by atoms with van der Waals surface area (Å²) in [7, 11) is 0. The number of fused-ring (bicyclic) bond motifs is 1. The average Bonchev–Trinajstić information content (AvgIpc) is 3.30. The topological polar surface area (TPSA) is 80.1 Å². The smallest absolute Gasteiger partial charge is 0.227 e. The van der Waals surface area contributed by atoms with Crippen LogP contribution < -0.4 is 5.32 Å². The maximum absolute atomic E-state index is 12.6. The number of halogens is 1. The van der Waals surface area contributed by atoms with Crippen LogP contribution in [0.1, 0.15) is 45.7 Å². The van der Waals surface area contributed by atoms with E-state index in [4.69, 9.17) is 11.6 Å². The predicted molar refractivity (Wildman–Crippen MR) is 112 cm³/mol. The van der Waals surface area contributed by atoms with E-state index in [2.05, 4.69) is 29.2 Å². The molecule has 1 saturated heterocycles. The second-order valence-electron chi connectivity index (χ2n) is 8.81. The first kappa shape index (κ1) is 19.9. The number of carbonyl (C=O) groups excluding carboxylic acids is 2. The van der Waals surface area contributed by atoms with Gasteiger partial charge in [-0.25, -0.2) is 4.98 Å². The van der Waals surface area contributed by atoms with Crippen molar-refractivity contribution < 1.29 is 9.59 Å². The van der Waals surface area contributed by atoms with E-state index in [0.717, 1.165) is 49.2 Å². The van der Waals surface area contributed by atoms with Crippen LogP contribution in [0.4, 0.5) is 5.82 Å². The summed E-state index contributed by atoms with van der Waals surface area (Å²) in [6.45, 7) is 7.59. The molecule has 4 rings (SSSR count). The van der Waals surface area contributed by atoms with E-state index in [1.54, 1.807) is 24.1 Å². The molecule has 4 heterocycles. The van der Waals surface area contributed by atoms with Crippen molar-refractivity contribution in [2.75, 3.05) is 11.9 Å². The quantitative estimate of drug-likeness (QED) is 0.828. The van der Waals surface area contributed by atoms with Gasteiger partial charge in [-0.1, -0.05) is 25.4 Å². The summed E-state index contributed by atoms with van der Waals surface area (Å²) in [5, 5.41) is 7.90. The average molecular weight is 416 g/mol. The number of nitrogens with one attached hydrogen (secondary N) is 1. The molecule has 8 heteroatoms. The van der Waals surface area contributed by atoms with Gasteiger partial charge < -0.3 is 10.2 Å². The highest BCUT2D eigenvalue weighted by molar-refractivity contribution is 6.33. The third kappa shape index (κ3) is 4.01. The Balaban J connectivity index is 1.51. The molecular weight excluding hydrogens is 390 g/mol. The van der Waals surface area contributed by atoms with Crippen LogP contribution in [0.2, 0.25) is 5.02 Å². The lowest BCUT2D eigenvalue weighted by atomic mass is 9.89. The van der Waals surface area contributed by atoms with Crippen LogP contribution in [0.15, 0.2) is 18.5 Å². The highest BCUT2D eigenvalue weighted by Gasteiger charge is 2.32. The Morgan fingerprint density at radius 2 is 2.10 bits per heavy atom. The summed E-state index contributed by atoms with van der Waals surface area (Å²) >= 11 is 6.43. The van der Waals surface area contributed by atoms with Gasteiger partial charge in [0.25, 0.3) is 0 Å². The van der Waals surface area contributed by atoms with Gasteiger partial charge in [0.05, 0.1) is 11.2 Å². The largest absolute Gasteiger partial charge is 0.339 e. The highest BCUT2D eigenvalue weighted by atomic mass is 35.5. The molecule has 0 unspecified atom stereocenters. The van der Waals surface area contributed by atoms with Crippen LogP contribution in [0, 0.1) is 5.41 Å². The Kier molecular flexibility index (Phi) is 5.11. The number of hydrogen-bond donors (Lipinski definition) is 1. The Labute approximate surface area is 175 Å². The van der Waals surface area contributed by atoms with Gasteiger partial charge in [-0.2, -0.15) is 5.10 Å². The first-order valence-corrected chi connectivity index (χ1v) is 10.4. The van der Waals surface area contributed by atoms with Crippen LogP contribution in [-0.2, 0) is 22.6 Å². The fourth-order valence-corrected chi connectivity index (χ4v) is 4.66. The number of amides is 2. The number of carbonyl (C=O) groups is 2. The fraction of sp³-hybridized carbons (Fsp3) is 0.524. The molecule has 0 bridgehead atoms. The minimum absolute atomic E-state index is 0.0187. The molecule has 0 aliphatic carbocycles. The lowest BCUT2D eigenvalue weighted by Crippen LogP contribution is -2.36.